The number of allylic oxidation sites excluding steroid dienone is 1. The highest BCUT2D eigenvalue weighted by Gasteiger charge is 2.11. The summed E-state index contributed by atoms with van der Waals surface area (Å²) in [6.07, 6.45) is 9.91. The molecule has 0 bridgehead atoms. The number of rotatable bonds is 5. The van der Waals surface area contributed by atoms with Crippen LogP contribution in [0.2, 0.25) is 0 Å². The fourth-order valence-electron chi connectivity index (χ4n) is 3.15. The molecule has 28 heavy (non-hydrogen) atoms. The Morgan fingerprint density at radius 2 is 2.00 bits per heavy atom. The van der Waals surface area contributed by atoms with Gasteiger partial charge in [0.15, 0.2) is 5.82 Å². The monoisotopic (exact) mass is 372 g/mol. The van der Waals surface area contributed by atoms with Crippen molar-refractivity contribution in [1.29, 1.82) is 0 Å². The first-order valence-electron chi connectivity index (χ1n) is 9.72. The molecular weight excluding hydrogens is 348 g/mol. The number of aliphatic imine (C=N–C) groups is 1. The fourth-order valence-corrected chi connectivity index (χ4v) is 3.15. The molecule has 1 unspecified atom stereocenters. The van der Waals surface area contributed by atoms with Crippen molar-refractivity contribution >= 4 is 34.5 Å². The van der Waals surface area contributed by atoms with Crippen LogP contribution in [-0.2, 0) is 0 Å². The van der Waals surface area contributed by atoms with Gasteiger partial charge in [-0.3, -0.25) is 9.98 Å². The molecule has 0 fully saturated rings. The molecule has 4 rings (SSSR count). The van der Waals surface area contributed by atoms with Crippen molar-refractivity contribution in [3.63, 3.8) is 0 Å². The van der Waals surface area contributed by atoms with Gasteiger partial charge in [-0.25, -0.2) is 4.98 Å². The number of nitrogens with zero attached hydrogens (tertiary/aromatic N) is 5. The summed E-state index contributed by atoms with van der Waals surface area (Å²) in [6.45, 7) is 6.43. The maximum atomic E-state index is 4.72. The number of hydrogen-bond donors (Lipinski definition) is 1. The molecule has 1 N–H and O–H groups in total. The zero-order valence-corrected chi connectivity index (χ0v) is 16.4. The number of nitrogens with one attached hydrogen (secondary N) is 1. The van der Waals surface area contributed by atoms with Gasteiger partial charge >= 0.3 is 0 Å². The van der Waals surface area contributed by atoms with Crippen molar-refractivity contribution in [3.05, 3.63) is 53.9 Å². The van der Waals surface area contributed by atoms with Crippen molar-refractivity contribution in [2.24, 2.45) is 4.99 Å². The largest absolute Gasteiger partial charge is 0.323 e. The highest BCUT2D eigenvalue weighted by atomic mass is 15.2. The minimum atomic E-state index is 0.394. The summed E-state index contributed by atoms with van der Waals surface area (Å²) < 4.78 is 0. The molecule has 6 heteroatoms. The molecule has 0 aliphatic carbocycles. The van der Waals surface area contributed by atoms with Crippen LogP contribution in [0.1, 0.15) is 50.7 Å². The van der Waals surface area contributed by atoms with Crippen molar-refractivity contribution in [1.82, 2.24) is 20.2 Å². The van der Waals surface area contributed by atoms with Gasteiger partial charge in [-0.1, -0.05) is 26.8 Å². The average molecular weight is 372 g/mol. The van der Waals surface area contributed by atoms with Crippen LogP contribution >= 0.6 is 0 Å². The van der Waals surface area contributed by atoms with Gasteiger partial charge < -0.3 is 5.32 Å². The van der Waals surface area contributed by atoms with Crippen LogP contribution in [0.4, 0.5) is 11.6 Å². The Hall–Kier alpha value is -3.15. The molecule has 0 spiro atoms. The minimum absolute atomic E-state index is 0.394. The average Bonchev–Trinajstić information content (AvgIpc) is 2.73. The molecule has 1 aliphatic rings. The van der Waals surface area contributed by atoms with Crippen LogP contribution < -0.4 is 5.32 Å². The third kappa shape index (κ3) is 3.91. The predicted octanol–water partition coefficient (Wildman–Crippen LogP) is 4.92. The van der Waals surface area contributed by atoms with E-state index in [1.165, 1.54) is 0 Å². The van der Waals surface area contributed by atoms with Gasteiger partial charge in [-0.05, 0) is 54.2 Å². The molecule has 4 heterocycles. The van der Waals surface area contributed by atoms with Gasteiger partial charge in [0.1, 0.15) is 5.82 Å². The van der Waals surface area contributed by atoms with E-state index >= 15 is 0 Å². The first-order valence-corrected chi connectivity index (χ1v) is 9.72. The second-order valence-corrected chi connectivity index (χ2v) is 7.35. The smallest absolute Gasteiger partial charge is 0.154 e. The summed E-state index contributed by atoms with van der Waals surface area (Å²) in [7, 11) is 0. The van der Waals surface area contributed by atoms with Crippen LogP contribution in [0.5, 0.6) is 0 Å². The van der Waals surface area contributed by atoms with Crippen LogP contribution in [0, 0.1) is 0 Å². The number of anilines is 2. The first-order chi connectivity index (χ1) is 13.6. The van der Waals surface area contributed by atoms with E-state index in [2.05, 4.69) is 58.4 Å². The second kappa shape index (κ2) is 7.84. The molecule has 142 valence electrons. The Morgan fingerprint density at radius 3 is 2.75 bits per heavy atom. The molecule has 3 aromatic heterocycles. The van der Waals surface area contributed by atoms with E-state index in [0.717, 1.165) is 46.4 Å². The van der Waals surface area contributed by atoms with Gasteiger partial charge in [0.25, 0.3) is 0 Å². The van der Waals surface area contributed by atoms with Gasteiger partial charge in [-0.2, -0.15) is 5.10 Å². The maximum Gasteiger partial charge on any atom is 0.154 e. The van der Waals surface area contributed by atoms with Gasteiger partial charge in [0.05, 0.1) is 23.3 Å². The summed E-state index contributed by atoms with van der Waals surface area (Å²) in [5.74, 6) is 1.80. The first kappa shape index (κ1) is 18.2. The third-order valence-corrected chi connectivity index (χ3v) is 4.97. The van der Waals surface area contributed by atoms with Gasteiger partial charge in [-0.15, -0.1) is 5.10 Å². The molecule has 0 aromatic carbocycles. The molecule has 1 aliphatic heterocycles. The lowest BCUT2D eigenvalue weighted by atomic mass is 10.0. The number of pyridine rings is 2. The Labute approximate surface area is 164 Å². The summed E-state index contributed by atoms with van der Waals surface area (Å²) in [4.78, 5) is 13.9. The fraction of sp³-hybridized carbons (Fsp3) is 0.318. The highest BCUT2D eigenvalue weighted by Crippen LogP contribution is 2.24. The van der Waals surface area contributed by atoms with Crippen molar-refractivity contribution in [2.45, 2.75) is 45.6 Å². The lowest BCUT2D eigenvalue weighted by Gasteiger charge is -2.14. The van der Waals surface area contributed by atoms with Crippen LogP contribution in [0.15, 0.2) is 47.7 Å². The lowest BCUT2D eigenvalue weighted by molar-refractivity contribution is 0.662. The lowest BCUT2D eigenvalue weighted by Crippen LogP contribution is -2.07. The Balaban J connectivity index is 1.61. The quantitative estimate of drug-likeness (QED) is 0.688. The standard InChI is InChI=1S/C22H24N6/c1-4-18-6-5-15(11-23-18)17-9-20-19(24-12-17)7-8-21(26-20)27-22-10-16(14(2)3)13-25-28-22/h5,7-14,18H,4,6H2,1-3H3,(H,26,27,28). The molecule has 1 atom stereocenters. The zero-order chi connectivity index (χ0) is 19.5. The third-order valence-electron chi connectivity index (χ3n) is 4.97. The molecule has 0 radical (unpaired) electrons. The van der Waals surface area contributed by atoms with Gasteiger partial charge in [0, 0.05) is 18.0 Å². The Morgan fingerprint density at radius 1 is 1.11 bits per heavy atom. The van der Waals surface area contributed by atoms with Crippen LogP contribution in [0.25, 0.3) is 16.6 Å². The minimum Gasteiger partial charge on any atom is -0.323 e. The van der Waals surface area contributed by atoms with Crippen molar-refractivity contribution in [3.8, 4) is 0 Å². The summed E-state index contributed by atoms with van der Waals surface area (Å²) >= 11 is 0. The van der Waals surface area contributed by atoms with E-state index in [1.54, 1.807) is 6.20 Å². The summed E-state index contributed by atoms with van der Waals surface area (Å²) in [6, 6.07) is 8.34. The van der Waals surface area contributed by atoms with Crippen LogP contribution in [0.3, 0.4) is 0 Å². The van der Waals surface area contributed by atoms with E-state index in [1.807, 2.05) is 30.6 Å². The highest BCUT2D eigenvalue weighted by molar-refractivity contribution is 6.11. The molecule has 6 nitrogen and oxygen atoms in total. The number of hydrogen-bond acceptors (Lipinski definition) is 6. The molecule has 0 saturated heterocycles. The molecule has 0 amide bonds. The Bertz CT molecular complexity index is 1050. The summed E-state index contributed by atoms with van der Waals surface area (Å²) in [5.41, 5.74) is 4.97. The van der Waals surface area contributed by atoms with E-state index in [-0.39, 0.29) is 0 Å². The van der Waals surface area contributed by atoms with Crippen molar-refractivity contribution < 1.29 is 0 Å². The molecule has 3 aromatic rings. The SMILES string of the molecule is CCC1CC=C(c2cnc3ccc(Nc4cc(C(C)C)cnn4)nc3c2)C=N1. The van der Waals surface area contributed by atoms with E-state index in [0.29, 0.717) is 17.8 Å². The molecule has 0 saturated carbocycles. The number of dihydropyridines is 1. The normalized spacial score (nSPS) is 16.4. The summed E-state index contributed by atoms with van der Waals surface area (Å²) in [5, 5.41) is 11.5. The number of aromatic nitrogens is 4. The Kier molecular flexibility index (Phi) is 5.10. The topological polar surface area (TPSA) is 76.0 Å². The zero-order valence-electron chi connectivity index (χ0n) is 16.4. The molecular formula is C22H24N6. The van der Waals surface area contributed by atoms with E-state index < -0.39 is 0 Å². The van der Waals surface area contributed by atoms with E-state index in [4.69, 9.17) is 4.98 Å². The van der Waals surface area contributed by atoms with Gasteiger partial charge in [0.2, 0.25) is 0 Å². The van der Waals surface area contributed by atoms with Crippen LogP contribution in [-0.4, -0.2) is 32.4 Å². The maximum absolute atomic E-state index is 4.72. The second-order valence-electron chi connectivity index (χ2n) is 7.35. The van der Waals surface area contributed by atoms with Crippen molar-refractivity contribution in [2.75, 3.05) is 5.32 Å². The van der Waals surface area contributed by atoms with E-state index in [9.17, 15) is 0 Å². The number of fused-ring (bicyclic) bond motifs is 1. The predicted molar refractivity (Wildman–Crippen MR) is 114 cm³/mol.